The smallest absolute Gasteiger partial charge is 0.264 e. The van der Waals surface area contributed by atoms with Crippen LogP contribution in [0.2, 0.25) is 0 Å². The molecule has 1 heterocycles. The van der Waals surface area contributed by atoms with E-state index in [1.54, 1.807) is 7.11 Å². The Morgan fingerprint density at radius 2 is 1.82 bits per heavy atom. The second-order valence-corrected chi connectivity index (χ2v) is 7.97. The van der Waals surface area contributed by atoms with Gasteiger partial charge in [0.1, 0.15) is 11.6 Å². The zero-order valence-electron chi connectivity index (χ0n) is 16.2. The predicted octanol–water partition coefficient (Wildman–Crippen LogP) is 4.27. The van der Waals surface area contributed by atoms with Gasteiger partial charge in [-0.1, -0.05) is 18.2 Å². The van der Waals surface area contributed by atoms with Crippen molar-refractivity contribution in [3.05, 3.63) is 53.1 Å². The second kappa shape index (κ2) is 8.55. The molecule has 7 heteroatoms. The number of ether oxygens (including phenoxy) is 2. The molecule has 0 fully saturated rings. The summed E-state index contributed by atoms with van der Waals surface area (Å²) in [5, 5.41) is -0.322. The van der Waals surface area contributed by atoms with E-state index in [-0.39, 0.29) is 11.1 Å². The summed E-state index contributed by atoms with van der Waals surface area (Å²) in [5.74, 6) is -0.422. The van der Waals surface area contributed by atoms with Gasteiger partial charge in [-0.3, -0.25) is 9.59 Å². The van der Waals surface area contributed by atoms with E-state index in [0.717, 1.165) is 27.3 Å². The van der Waals surface area contributed by atoms with Gasteiger partial charge >= 0.3 is 0 Å². The van der Waals surface area contributed by atoms with E-state index in [9.17, 15) is 9.59 Å². The zero-order chi connectivity index (χ0) is 20.4. The van der Waals surface area contributed by atoms with Crippen molar-refractivity contribution in [3.8, 4) is 5.75 Å². The fourth-order valence-corrected chi connectivity index (χ4v) is 4.82. The van der Waals surface area contributed by atoms with Crippen molar-refractivity contribution in [3.63, 3.8) is 0 Å². The lowest BCUT2D eigenvalue weighted by Crippen LogP contribution is -2.45. The van der Waals surface area contributed by atoms with E-state index >= 15 is 0 Å². The summed E-state index contributed by atoms with van der Waals surface area (Å²) in [6.07, 6.45) is -0.835. The van der Waals surface area contributed by atoms with Crippen molar-refractivity contribution in [2.75, 3.05) is 25.0 Å². The first-order valence-electron chi connectivity index (χ1n) is 8.79. The Morgan fingerprint density at radius 1 is 1.14 bits per heavy atom. The van der Waals surface area contributed by atoms with Gasteiger partial charge < -0.3 is 9.47 Å². The molecule has 0 aliphatic carbocycles. The van der Waals surface area contributed by atoms with Crippen LogP contribution in [0.5, 0.6) is 5.75 Å². The minimum absolute atomic E-state index is 0.285. The van der Waals surface area contributed by atoms with Crippen LogP contribution in [0.1, 0.15) is 21.9 Å². The standard InChI is InChI=1S/C21H22ClNO4S/c1-12-5-10-16-18(13(12)2)23(17(24)11-22)21(25)19(27-4)20(28-16)14-6-8-15(26-3)9-7-14/h5-10,19-20H,11H2,1-4H3. The van der Waals surface area contributed by atoms with Gasteiger partial charge in [0.05, 0.1) is 18.0 Å². The minimum Gasteiger partial charge on any atom is -0.497 e. The molecule has 3 rings (SSSR count). The number of hydrogen-bond acceptors (Lipinski definition) is 5. The largest absolute Gasteiger partial charge is 0.497 e. The first-order chi connectivity index (χ1) is 13.4. The van der Waals surface area contributed by atoms with Crippen LogP contribution in [0, 0.1) is 13.8 Å². The van der Waals surface area contributed by atoms with Crippen LogP contribution in [0.15, 0.2) is 41.3 Å². The lowest BCUT2D eigenvalue weighted by molar-refractivity contribution is -0.132. The quantitative estimate of drug-likeness (QED) is 0.692. The molecule has 2 aromatic carbocycles. The highest BCUT2D eigenvalue weighted by molar-refractivity contribution is 7.99. The molecule has 1 aliphatic heterocycles. The summed E-state index contributed by atoms with van der Waals surface area (Å²) < 4.78 is 10.8. The van der Waals surface area contributed by atoms with Gasteiger partial charge in [-0.05, 0) is 48.7 Å². The Kier molecular flexibility index (Phi) is 6.33. The van der Waals surface area contributed by atoms with Gasteiger partial charge in [0, 0.05) is 12.0 Å². The molecular formula is C21H22ClNO4S. The minimum atomic E-state index is -0.835. The lowest BCUT2D eigenvalue weighted by atomic mass is 10.0. The number of halogens is 1. The van der Waals surface area contributed by atoms with E-state index in [1.165, 1.54) is 23.8 Å². The number of fused-ring (bicyclic) bond motifs is 1. The normalized spacial score (nSPS) is 19.2. The zero-order valence-corrected chi connectivity index (χ0v) is 17.8. The monoisotopic (exact) mass is 419 g/mol. The van der Waals surface area contributed by atoms with Crippen LogP contribution >= 0.6 is 23.4 Å². The Labute approximate surface area is 174 Å². The number of nitrogens with zero attached hydrogens (tertiary/aromatic N) is 1. The number of anilines is 1. The fourth-order valence-electron chi connectivity index (χ4n) is 3.28. The topological polar surface area (TPSA) is 55.8 Å². The molecule has 2 aromatic rings. The van der Waals surface area contributed by atoms with Crippen molar-refractivity contribution >= 4 is 40.9 Å². The number of alkyl halides is 1. The highest BCUT2D eigenvalue weighted by Crippen LogP contribution is 2.48. The molecular weight excluding hydrogens is 398 g/mol. The lowest BCUT2D eigenvalue weighted by Gasteiger charge is -2.26. The molecule has 0 spiro atoms. The van der Waals surface area contributed by atoms with Crippen LogP contribution in [-0.2, 0) is 14.3 Å². The first kappa shape index (κ1) is 20.7. The van der Waals surface area contributed by atoms with Crippen LogP contribution in [0.25, 0.3) is 0 Å². The maximum absolute atomic E-state index is 13.4. The van der Waals surface area contributed by atoms with Crippen molar-refractivity contribution in [1.29, 1.82) is 0 Å². The van der Waals surface area contributed by atoms with Crippen LogP contribution in [-0.4, -0.2) is 38.0 Å². The Bertz CT molecular complexity index is 900. The third kappa shape index (κ3) is 3.64. The number of aryl methyl sites for hydroxylation is 1. The van der Waals surface area contributed by atoms with E-state index in [1.807, 2.05) is 50.2 Å². The van der Waals surface area contributed by atoms with Crippen molar-refractivity contribution in [2.45, 2.75) is 30.1 Å². The van der Waals surface area contributed by atoms with Crippen LogP contribution in [0.4, 0.5) is 5.69 Å². The fraction of sp³-hybridized carbons (Fsp3) is 0.333. The van der Waals surface area contributed by atoms with Crippen LogP contribution < -0.4 is 9.64 Å². The number of imide groups is 1. The van der Waals surface area contributed by atoms with E-state index in [0.29, 0.717) is 5.69 Å². The van der Waals surface area contributed by atoms with Gasteiger partial charge in [-0.2, -0.15) is 0 Å². The van der Waals surface area contributed by atoms with Crippen molar-refractivity contribution < 1.29 is 19.1 Å². The molecule has 1 aliphatic rings. The number of thioether (sulfide) groups is 1. The molecule has 0 saturated heterocycles. The maximum Gasteiger partial charge on any atom is 0.264 e. The van der Waals surface area contributed by atoms with Gasteiger partial charge in [-0.25, -0.2) is 4.90 Å². The number of methoxy groups -OCH3 is 2. The van der Waals surface area contributed by atoms with Gasteiger partial charge in [0.25, 0.3) is 5.91 Å². The predicted molar refractivity (Wildman–Crippen MR) is 112 cm³/mol. The van der Waals surface area contributed by atoms with E-state index < -0.39 is 17.9 Å². The molecule has 0 saturated carbocycles. The average molecular weight is 420 g/mol. The summed E-state index contributed by atoms with van der Waals surface area (Å²) >= 11 is 7.35. The summed E-state index contributed by atoms with van der Waals surface area (Å²) in [5.41, 5.74) is 3.38. The molecule has 2 atom stereocenters. The second-order valence-electron chi connectivity index (χ2n) is 6.52. The Balaban J connectivity index is 2.18. The summed E-state index contributed by atoms with van der Waals surface area (Å²) in [6, 6.07) is 11.5. The number of hydrogen-bond donors (Lipinski definition) is 0. The van der Waals surface area contributed by atoms with Gasteiger partial charge in [0.15, 0.2) is 6.10 Å². The number of amides is 2. The van der Waals surface area contributed by atoms with E-state index in [2.05, 4.69) is 0 Å². The SMILES string of the molecule is COc1ccc(C2Sc3ccc(C)c(C)c3N(C(=O)CCl)C(=O)C2OC)cc1. The highest BCUT2D eigenvalue weighted by Gasteiger charge is 2.41. The molecule has 5 nitrogen and oxygen atoms in total. The summed E-state index contributed by atoms with van der Waals surface area (Å²) in [6.45, 7) is 3.86. The summed E-state index contributed by atoms with van der Waals surface area (Å²) in [7, 11) is 3.09. The third-order valence-corrected chi connectivity index (χ3v) is 6.53. The van der Waals surface area contributed by atoms with Crippen molar-refractivity contribution in [1.82, 2.24) is 0 Å². The van der Waals surface area contributed by atoms with Crippen LogP contribution in [0.3, 0.4) is 0 Å². The maximum atomic E-state index is 13.4. The first-order valence-corrected chi connectivity index (χ1v) is 10.2. The molecule has 148 valence electrons. The molecule has 2 amide bonds. The summed E-state index contributed by atoms with van der Waals surface area (Å²) in [4.78, 5) is 28.1. The van der Waals surface area contributed by atoms with Gasteiger partial charge in [0.2, 0.25) is 5.91 Å². The van der Waals surface area contributed by atoms with Gasteiger partial charge in [-0.15, -0.1) is 23.4 Å². The molecule has 0 bridgehead atoms. The van der Waals surface area contributed by atoms with E-state index in [4.69, 9.17) is 21.1 Å². The number of benzene rings is 2. The number of rotatable bonds is 4. The number of carbonyl (C=O) groups excluding carboxylic acids is 2. The molecule has 0 N–H and O–H groups in total. The average Bonchev–Trinajstić information content (AvgIpc) is 2.84. The highest BCUT2D eigenvalue weighted by atomic mass is 35.5. The Hall–Kier alpha value is -2.02. The molecule has 0 aromatic heterocycles. The number of carbonyl (C=O) groups is 2. The molecule has 28 heavy (non-hydrogen) atoms. The molecule has 2 unspecified atom stereocenters. The molecule has 0 radical (unpaired) electrons. The third-order valence-electron chi connectivity index (χ3n) is 4.94. The Morgan fingerprint density at radius 3 is 2.39 bits per heavy atom. The van der Waals surface area contributed by atoms with Crippen molar-refractivity contribution in [2.24, 2.45) is 0 Å².